The molecule has 0 aliphatic carbocycles. The fraction of sp³-hybridized carbons (Fsp3) is 0.286. The second-order valence-corrected chi connectivity index (χ2v) is 9.32. The van der Waals surface area contributed by atoms with Gasteiger partial charge in [-0.15, -0.1) is 0 Å². The van der Waals surface area contributed by atoms with E-state index in [9.17, 15) is 0 Å². The van der Waals surface area contributed by atoms with Gasteiger partial charge >= 0.3 is 0 Å². The second-order valence-electron chi connectivity index (χ2n) is 9.32. The monoisotopic (exact) mass is 394 g/mol. The van der Waals surface area contributed by atoms with Crippen molar-refractivity contribution >= 4 is 27.9 Å². The average molecular weight is 395 g/mol. The molecule has 5 rings (SSSR count). The molecule has 1 N–H and O–H groups in total. The maximum atomic E-state index is 3.61. The van der Waals surface area contributed by atoms with Crippen LogP contribution in [0, 0.1) is 13.8 Å². The zero-order chi connectivity index (χ0) is 21.0. The molecule has 1 aliphatic heterocycles. The Bertz CT molecular complexity index is 1320. The maximum Gasteiger partial charge on any atom is 0.0616 e. The highest BCUT2D eigenvalue weighted by atomic mass is 15.1. The highest BCUT2D eigenvalue weighted by Crippen LogP contribution is 2.48. The van der Waals surface area contributed by atoms with Crippen LogP contribution in [0.3, 0.4) is 0 Å². The van der Waals surface area contributed by atoms with Gasteiger partial charge in [-0.2, -0.15) is 0 Å². The summed E-state index contributed by atoms with van der Waals surface area (Å²) < 4.78 is 2.59. The Labute approximate surface area is 178 Å². The zero-order valence-corrected chi connectivity index (χ0v) is 18.6. The molecule has 152 valence electrons. The minimum absolute atomic E-state index is 0.0659. The van der Waals surface area contributed by atoms with Gasteiger partial charge < -0.3 is 9.55 Å². The molecule has 2 atom stereocenters. The lowest BCUT2D eigenvalue weighted by molar-refractivity contribution is 0.439. The van der Waals surface area contributed by atoms with Crippen molar-refractivity contribution in [3.63, 3.8) is 0 Å². The van der Waals surface area contributed by atoms with Gasteiger partial charge in [0.1, 0.15) is 0 Å². The van der Waals surface area contributed by atoms with Crippen molar-refractivity contribution in [3.8, 4) is 0 Å². The third kappa shape index (κ3) is 2.78. The summed E-state index contributed by atoms with van der Waals surface area (Å²) in [5, 5.41) is 2.68. The van der Waals surface area contributed by atoms with E-state index in [1.54, 1.807) is 0 Å². The molecule has 0 amide bonds. The van der Waals surface area contributed by atoms with Crippen molar-refractivity contribution in [2.75, 3.05) is 0 Å². The van der Waals surface area contributed by atoms with Gasteiger partial charge in [0.25, 0.3) is 0 Å². The minimum atomic E-state index is -0.0659. The van der Waals surface area contributed by atoms with E-state index in [0.29, 0.717) is 5.92 Å². The molecule has 1 aliphatic rings. The number of nitrogens with one attached hydrogen (secondary N) is 1. The van der Waals surface area contributed by atoms with Crippen molar-refractivity contribution in [2.24, 2.45) is 0 Å². The predicted octanol–water partition coefficient (Wildman–Crippen LogP) is 7.62. The fourth-order valence-electron chi connectivity index (χ4n) is 5.46. The van der Waals surface area contributed by atoms with E-state index in [2.05, 4.69) is 111 Å². The van der Waals surface area contributed by atoms with Crippen LogP contribution in [-0.2, 0) is 5.54 Å². The van der Waals surface area contributed by atoms with Gasteiger partial charge in [-0.05, 0) is 70.4 Å². The number of aryl methyl sites for hydroxylation is 2. The number of benzene rings is 2. The standard InChI is InChI=1S/C28H30N2/c1-18(2)16-21-17-28(5,30-26-13-9-7-11-23(26)20(4)27(21)30)15-14-24-19(3)22-10-6-8-12-25(22)29-24/h6-16,21,29H,17H2,1-5H3. The summed E-state index contributed by atoms with van der Waals surface area (Å²) in [6, 6.07) is 17.4. The first kappa shape index (κ1) is 19.0. The van der Waals surface area contributed by atoms with Gasteiger partial charge in [0.15, 0.2) is 0 Å². The molecular formula is C28H30N2. The topological polar surface area (TPSA) is 20.7 Å². The van der Waals surface area contributed by atoms with Crippen LogP contribution in [0.2, 0.25) is 0 Å². The van der Waals surface area contributed by atoms with Crippen molar-refractivity contribution in [2.45, 2.75) is 52.5 Å². The summed E-state index contributed by atoms with van der Waals surface area (Å²) >= 11 is 0. The molecule has 3 heterocycles. The quantitative estimate of drug-likeness (QED) is 0.345. The fourth-order valence-corrected chi connectivity index (χ4v) is 5.46. The molecule has 2 nitrogen and oxygen atoms in total. The van der Waals surface area contributed by atoms with Crippen LogP contribution in [0.5, 0.6) is 0 Å². The minimum Gasteiger partial charge on any atom is -0.355 e. The molecule has 0 saturated heterocycles. The number of H-pyrrole nitrogens is 1. The number of rotatable bonds is 3. The number of aromatic amines is 1. The number of hydrogen-bond acceptors (Lipinski definition) is 0. The molecule has 2 heteroatoms. The van der Waals surface area contributed by atoms with Crippen molar-refractivity contribution in [1.82, 2.24) is 9.55 Å². The van der Waals surface area contributed by atoms with E-state index in [4.69, 9.17) is 0 Å². The van der Waals surface area contributed by atoms with Gasteiger partial charge in [0.2, 0.25) is 0 Å². The summed E-state index contributed by atoms with van der Waals surface area (Å²) in [6.45, 7) is 11.3. The lowest BCUT2D eigenvalue weighted by Gasteiger charge is -2.25. The summed E-state index contributed by atoms with van der Waals surface area (Å²) in [5.74, 6) is 0.445. The van der Waals surface area contributed by atoms with E-state index in [1.165, 1.54) is 49.9 Å². The van der Waals surface area contributed by atoms with Crippen LogP contribution in [-0.4, -0.2) is 9.55 Å². The van der Waals surface area contributed by atoms with Crippen LogP contribution in [0.25, 0.3) is 27.9 Å². The van der Waals surface area contributed by atoms with E-state index in [1.807, 2.05) is 0 Å². The number of allylic oxidation sites excluding steroid dienone is 3. The predicted molar refractivity (Wildman–Crippen MR) is 129 cm³/mol. The van der Waals surface area contributed by atoms with E-state index in [-0.39, 0.29) is 5.54 Å². The largest absolute Gasteiger partial charge is 0.355 e. The molecule has 0 saturated carbocycles. The van der Waals surface area contributed by atoms with Gasteiger partial charge in [0, 0.05) is 39.1 Å². The third-order valence-corrected chi connectivity index (χ3v) is 6.82. The number of aromatic nitrogens is 2. The lowest BCUT2D eigenvalue weighted by atomic mass is 9.89. The Hall–Kier alpha value is -3.00. The molecule has 2 aromatic carbocycles. The van der Waals surface area contributed by atoms with Gasteiger partial charge in [-0.3, -0.25) is 0 Å². The van der Waals surface area contributed by atoms with Gasteiger partial charge in [-0.1, -0.05) is 54.1 Å². The Kier molecular flexibility index (Phi) is 4.28. The molecule has 0 radical (unpaired) electrons. The number of para-hydroxylation sites is 2. The molecule has 30 heavy (non-hydrogen) atoms. The first-order chi connectivity index (χ1) is 14.4. The summed E-state index contributed by atoms with van der Waals surface area (Å²) in [6.07, 6.45) is 8.26. The Balaban J connectivity index is 1.67. The Morgan fingerprint density at radius 2 is 1.70 bits per heavy atom. The van der Waals surface area contributed by atoms with E-state index >= 15 is 0 Å². The zero-order valence-electron chi connectivity index (χ0n) is 18.6. The van der Waals surface area contributed by atoms with E-state index < -0.39 is 0 Å². The second kappa shape index (κ2) is 6.77. The van der Waals surface area contributed by atoms with Crippen LogP contribution in [0.1, 0.15) is 55.6 Å². The average Bonchev–Trinajstić information content (AvgIpc) is 3.31. The molecule has 0 bridgehead atoms. The summed E-state index contributed by atoms with van der Waals surface area (Å²) in [7, 11) is 0. The van der Waals surface area contributed by atoms with Gasteiger partial charge in [0.05, 0.1) is 5.54 Å². The molecule has 2 aromatic heterocycles. The van der Waals surface area contributed by atoms with Crippen LogP contribution in [0.4, 0.5) is 0 Å². The Morgan fingerprint density at radius 3 is 2.43 bits per heavy atom. The summed E-state index contributed by atoms with van der Waals surface area (Å²) in [4.78, 5) is 3.61. The molecule has 0 fully saturated rings. The van der Waals surface area contributed by atoms with Crippen molar-refractivity contribution in [3.05, 3.63) is 88.8 Å². The highest BCUT2D eigenvalue weighted by molar-refractivity contribution is 5.88. The van der Waals surface area contributed by atoms with Crippen LogP contribution >= 0.6 is 0 Å². The van der Waals surface area contributed by atoms with Crippen molar-refractivity contribution in [1.29, 1.82) is 0 Å². The van der Waals surface area contributed by atoms with Crippen LogP contribution in [0.15, 0.2) is 66.3 Å². The van der Waals surface area contributed by atoms with Crippen molar-refractivity contribution < 1.29 is 0 Å². The van der Waals surface area contributed by atoms with E-state index in [0.717, 1.165) is 6.42 Å². The first-order valence-corrected chi connectivity index (χ1v) is 10.9. The summed E-state index contributed by atoms with van der Waals surface area (Å²) in [5.41, 5.74) is 9.28. The van der Waals surface area contributed by atoms with Crippen LogP contribution < -0.4 is 0 Å². The molecule has 2 unspecified atom stereocenters. The Morgan fingerprint density at radius 1 is 1.00 bits per heavy atom. The molecular weight excluding hydrogens is 364 g/mol. The maximum absolute atomic E-state index is 3.61. The smallest absolute Gasteiger partial charge is 0.0616 e. The normalized spacial score (nSPS) is 21.0. The highest BCUT2D eigenvalue weighted by Gasteiger charge is 2.40. The van der Waals surface area contributed by atoms with Gasteiger partial charge in [-0.25, -0.2) is 0 Å². The number of hydrogen-bond donors (Lipinski definition) is 1. The number of fused-ring (bicyclic) bond motifs is 4. The lowest BCUT2D eigenvalue weighted by Crippen LogP contribution is -2.23. The first-order valence-electron chi connectivity index (χ1n) is 10.9. The third-order valence-electron chi connectivity index (χ3n) is 6.82. The SMILES string of the molecule is CC(C)=CC1CC(C)(C=Cc2[nH]c3ccccc3c2C)n2c1c(C)c1ccccc12. The molecule has 4 aromatic rings. The molecule has 0 spiro atoms. The number of nitrogens with zero attached hydrogens (tertiary/aromatic N) is 1.